The van der Waals surface area contributed by atoms with Crippen molar-refractivity contribution in [1.29, 1.82) is 0 Å². The van der Waals surface area contributed by atoms with Gasteiger partial charge in [0.05, 0.1) is 5.41 Å². The quantitative estimate of drug-likeness (QED) is 0.171. The molecule has 226 valence electrons. The minimum absolute atomic E-state index is 0.396. The normalized spacial score (nSPS) is 19.1. The van der Waals surface area contributed by atoms with E-state index >= 15 is 0 Å². The van der Waals surface area contributed by atoms with Gasteiger partial charge in [-0.05, 0) is 100 Å². The van der Waals surface area contributed by atoms with Gasteiger partial charge in [0, 0.05) is 28.6 Å². The van der Waals surface area contributed by atoms with Crippen LogP contribution in [0.15, 0.2) is 181 Å². The number of hydrogen-bond acceptors (Lipinski definition) is 1. The molecule has 0 spiro atoms. The van der Waals surface area contributed by atoms with E-state index in [-0.39, 0.29) is 0 Å². The second kappa shape index (κ2) is 12.0. The number of benzene rings is 5. The summed E-state index contributed by atoms with van der Waals surface area (Å²) in [4.78, 5) is 2.44. The Hall–Kier alpha value is -5.62. The number of rotatable bonds is 6. The number of hydrogen-bond donors (Lipinski definition) is 0. The summed E-state index contributed by atoms with van der Waals surface area (Å²) < 4.78 is 0. The molecule has 5 aromatic rings. The Morgan fingerprint density at radius 2 is 1.36 bits per heavy atom. The molecule has 5 aromatic carbocycles. The van der Waals surface area contributed by atoms with Crippen molar-refractivity contribution < 1.29 is 0 Å². The summed E-state index contributed by atoms with van der Waals surface area (Å²) in [6.07, 6.45) is 18.0. The van der Waals surface area contributed by atoms with Gasteiger partial charge >= 0.3 is 0 Å². The summed E-state index contributed by atoms with van der Waals surface area (Å²) in [6, 6.07) is 45.1. The molecule has 0 fully saturated rings. The first-order valence-corrected chi connectivity index (χ1v) is 16.6. The average molecular weight is 604 g/mol. The van der Waals surface area contributed by atoms with Crippen LogP contribution in [0.5, 0.6) is 0 Å². The molecule has 2 atom stereocenters. The maximum Gasteiger partial charge on any atom is 0.0713 e. The summed E-state index contributed by atoms with van der Waals surface area (Å²) in [5, 5.41) is 0. The van der Waals surface area contributed by atoms with E-state index in [1.807, 2.05) is 18.2 Å². The first-order chi connectivity index (χ1) is 23.2. The van der Waals surface area contributed by atoms with Gasteiger partial charge in [-0.3, -0.25) is 0 Å². The van der Waals surface area contributed by atoms with Crippen molar-refractivity contribution in [1.82, 2.24) is 0 Å². The van der Waals surface area contributed by atoms with Crippen molar-refractivity contribution in [3.8, 4) is 11.1 Å². The molecule has 0 N–H and O–H groups in total. The van der Waals surface area contributed by atoms with Crippen molar-refractivity contribution in [3.63, 3.8) is 0 Å². The Morgan fingerprint density at radius 1 is 0.660 bits per heavy atom. The van der Waals surface area contributed by atoms with E-state index in [1.54, 1.807) is 0 Å². The molecule has 3 aliphatic carbocycles. The lowest BCUT2D eigenvalue weighted by Gasteiger charge is -2.35. The van der Waals surface area contributed by atoms with Crippen LogP contribution in [-0.2, 0) is 5.41 Å². The highest BCUT2D eigenvalue weighted by Crippen LogP contribution is 2.57. The zero-order chi connectivity index (χ0) is 31.8. The van der Waals surface area contributed by atoms with E-state index in [0.717, 1.165) is 28.9 Å². The number of nitrogens with zero attached hydrogens (tertiary/aromatic N) is 1. The zero-order valence-electron chi connectivity index (χ0n) is 26.9. The van der Waals surface area contributed by atoms with Crippen molar-refractivity contribution in [2.45, 2.75) is 25.7 Å². The van der Waals surface area contributed by atoms with Gasteiger partial charge in [0.1, 0.15) is 0 Å². The van der Waals surface area contributed by atoms with Crippen LogP contribution >= 0.6 is 0 Å². The Labute approximate surface area is 278 Å². The molecule has 0 amide bonds. The summed E-state index contributed by atoms with van der Waals surface area (Å²) in [7, 11) is 0. The largest absolute Gasteiger partial charge is 0.314 e. The van der Waals surface area contributed by atoms with Gasteiger partial charge in [-0.25, -0.2) is 0 Å². The van der Waals surface area contributed by atoms with Crippen LogP contribution in [0.1, 0.15) is 46.7 Å². The van der Waals surface area contributed by atoms with Gasteiger partial charge < -0.3 is 4.90 Å². The van der Waals surface area contributed by atoms with E-state index in [1.165, 1.54) is 44.6 Å². The van der Waals surface area contributed by atoms with E-state index < -0.39 is 5.41 Å². The van der Waals surface area contributed by atoms with Crippen molar-refractivity contribution in [2.24, 2.45) is 5.92 Å². The molecule has 0 aliphatic heterocycles. The fourth-order valence-electron chi connectivity index (χ4n) is 7.75. The van der Waals surface area contributed by atoms with Crippen LogP contribution in [0, 0.1) is 12.8 Å². The third-order valence-corrected chi connectivity index (χ3v) is 9.96. The van der Waals surface area contributed by atoms with E-state index in [4.69, 9.17) is 0 Å². The Bertz CT molecular complexity index is 2150. The standard InChI is InChI=1S/C46H37N/c1-33-15-10-13-24-44(33)47(39-29-25-36(26-30-39)35-17-6-3-4-7-18-35)40-31-27-38(28-32-40)46(37-19-8-5-9-20-37)42-22-12-11-21-41(42)45-34(2)16-14-23-43(45)46/h3-14,16-17,19-33H,15H2,1-2H3. The molecule has 0 radical (unpaired) electrons. The molecule has 1 heteroatoms. The number of anilines is 2. The lowest BCUT2D eigenvalue weighted by Crippen LogP contribution is -2.29. The summed E-state index contributed by atoms with van der Waals surface area (Å²) in [5.41, 5.74) is 18.1. The highest BCUT2D eigenvalue weighted by atomic mass is 15.2. The highest BCUT2D eigenvalue weighted by Gasteiger charge is 2.46. The second-order valence-corrected chi connectivity index (χ2v) is 12.7. The van der Waals surface area contributed by atoms with Crippen LogP contribution in [0.2, 0.25) is 0 Å². The SMILES string of the molecule is Cc1cccc2c1-c1ccccc1C2(c1ccccc1)c1ccc(N(C2=CC=CCC2C)c2ccc(C3=C=CC=CC=C3)cc2)cc1. The maximum absolute atomic E-state index is 3.40. The molecule has 0 saturated carbocycles. The zero-order valence-corrected chi connectivity index (χ0v) is 26.9. The van der Waals surface area contributed by atoms with Crippen molar-refractivity contribution >= 4 is 16.9 Å². The minimum Gasteiger partial charge on any atom is -0.314 e. The predicted octanol–water partition coefficient (Wildman–Crippen LogP) is 11.6. The molecule has 47 heavy (non-hydrogen) atoms. The number of allylic oxidation sites excluding steroid dienone is 9. The topological polar surface area (TPSA) is 3.24 Å². The van der Waals surface area contributed by atoms with Crippen LogP contribution in [0.25, 0.3) is 16.7 Å². The predicted molar refractivity (Wildman–Crippen MR) is 198 cm³/mol. The molecular formula is C46H37N. The lowest BCUT2D eigenvalue weighted by molar-refractivity contribution is 0.670. The van der Waals surface area contributed by atoms with Gasteiger partial charge in [0.15, 0.2) is 0 Å². The molecule has 2 unspecified atom stereocenters. The molecular weight excluding hydrogens is 567 g/mol. The molecule has 0 bridgehead atoms. The fourth-order valence-corrected chi connectivity index (χ4v) is 7.75. The lowest BCUT2D eigenvalue weighted by atomic mass is 9.67. The minimum atomic E-state index is -0.410. The Balaban J connectivity index is 1.28. The first kappa shape index (κ1) is 28.8. The Morgan fingerprint density at radius 3 is 2.15 bits per heavy atom. The highest BCUT2D eigenvalue weighted by molar-refractivity contribution is 5.88. The van der Waals surface area contributed by atoms with E-state index in [0.29, 0.717) is 5.92 Å². The van der Waals surface area contributed by atoms with Gasteiger partial charge in [-0.15, -0.1) is 5.73 Å². The molecule has 0 saturated heterocycles. The third kappa shape index (κ3) is 4.79. The third-order valence-electron chi connectivity index (χ3n) is 9.96. The van der Waals surface area contributed by atoms with E-state index in [9.17, 15) is 0 Å². The maximum atomic E-state index is 3.40. The van der Waals surface area contributed by atoms with Gasteiger partial charge in [0.25, 0.3) is 0 Å². The van der Waals surface area contributed by atoms with Gasteiger partial charge in [-0.2, -0.15) is 0 Å². The van der Waals surface area contributed by atoms with Crippen LogP contribution in [-0.4, -0.2) is 0 Å². The Kier molecular flexibility index (Phi) is 7.33. The van der Waals surface area contributed by atoms with Gasteiger partial charge in [0.2, 0.25) is 0 Å². The average Bonchev–Trinajstić information content (AvgIpc) is 3.22. The van der Waals surface area contributed by atoms with Crippen molar-refractivity contribution in [3.05, 3.63) is 215 Å². The summed E-state index contributed by atoms with van der Waals surface area (Å²) in [6.45, 7) is 4.56. The van der Waals surface area contributed by atoms with Crippen LogP contribution in [0.4, 0.5) is 11.4 Å². The smallest absolute Gasteiger partial charge is 0.0713 e. The number of fused-ring (bicyclic) bond motifs is 3. The van der Waals surface area contributed by atoms with Crippen LogP contribution < -0.4 is 4.90 Å². The van der Waals surface area contributed by atoms with Gasteiger partial charge in [-0.1, -0.05) is 134 Å². The number of aryl methyl sites for hydroxylation is 1. The first-order valence-electron chi connectivity index (χ1n) is 16.6. The summed E-state index contributed by atoms with van der Waals surface area (Å²) >= 11 is 0. The molecule has 8 rings (SSSR count). The second-order valence-electron chi connectivity index (χ2n) is 12.7. The van der Waals surface area contributed by atoms with Crippen molar-refractivity contribution in [2.75, 3.05) is 4.90 Å². The fraction of sp³-hybridized carbons (Fsp3) is 0.109. The molecule has 0 heterocycles. The molecule has 0 aromatic heterocycles. The van der Waals surface area contributed by atoms with Crippen LogP contribution in [0.3, 0.4) is 0 Å². The molecule has 1 nitrogen and oxygen atoms in total. The summed E-state index contributed by atoms with van der Waals surface area (Å²) in [5.74, 6) is 0.396. The molecule has 3 aliphatic rings. The monoisotopic (exact) mass is 603 g/mol. The van der Waals surface area contributed by atoms with E-state index in [2.05, 4.69) is 176 Å².